The normalized spacial score (nSPS) is 13.0. The van der Waals surface area contributed by atoms with Crippen LogP contribution in [0.3, 0.4) is 0 Å². The van der Waals surface area contributed by atoms with Crippen LogP contribution in [0.25, 0.3) is 0 Å². The van der Waals surface area contributed by atoms with Crippen molar-refractivity contribution < 1.29 is 4.74 Å². The number of nitriles is 1. The summed E-state index contributed by atoms with van der Waals surface area (Å²) >= 11 is 0. The van der Waals surface area contributed by atoms with E-state index in [1.807, 2.05) is 6.92 Å². The summed E-state index contributed by atoms with van der Waals surface area (Å²) in [6, 6.07) is 2.18. The van der Waals surface area contributed by atoms with Crippen molar-refractivity contribution in [3.05, 3.63) is 0 Å². The van der Waals surface area contributed by atoms with Gasteiger partial charge in [0.1, 0.15) is 6.10 Å². The second kappa shape index (κ2) is 6.18. The summed E-state index contributed by atoms with van der Waals surface area (Å²) in [5.74, 6) is 0.403. The van der Waals surface area contributed by atoms with Crippen LogP contribution in [0.4, 0.5) is 0 Å². The summed E-state index contributed by atoms with van der Waals surface area (Å²) in [5.41, 5.74) is 0. The van der Waals surface area contributed by atoms with Gasteiger partial charge in [-0.15, -0.1) is 0 Å². The van der Waals surface area contributed by atoms with E-state index in [1.54, 1.807) is 0 Å². The molecule has 0 amide bonds. The molecule has 2 heteroatoms. The highest BCUT2D eigenvalue weighted by Gasteiger charge is 2.17. The first-order valence-electron chi connectivity index (χ1n) is 4.31. The van der Waals surface area contributed by atoms with Crippen molar-refractivity contribution in [2.24, 2.45) is 5.92 Å². The fraction of sp³-hybridized carbons (Fsp3) is 0.889. The van der Waals surface area contributed by atoms with Crippen LogP contribution in [-0.2, 0) is 4.74 Å². The molecule has 64 valence electrons. The van der Waals surface area contributed by atoms with Crippen LogP contribution < -0.4 is 0 Å². The van der Waals surface area contributed by atoms with Crippen molar-refractivity contribution >= 4 is 0 Å². The number of ether oxygens (including phenoxy) is 1. The predicted octanol–water partition coefficient (Wildman–Crippen LogP) is 2.35. The molecule has 0 fully saturated rings. The lowest BCUT2D eigenvalue weighted by Gasteiger charge is -2.17. The Balaban J connectivity index is 3.89. The summed E-state index contributed by atoms with van der Waals surface area (Å²) < 4.78 is 5.27. The van der Waals surface area contributed by atoms with Gasteiger partial charge in [0.25, 0.3) is 0 Å². The van der Waals surface area contributed by atoms with Crippen LogP contribution in [0.2, 0.25) is 0 Å². The maximum absolute atomic E-state index is 8.71. The highest BCUT2D eigenvalue weighted by Crippen LogP contribution is 2.15. The average molecular weight is 155 g/mol. The highest BCUT2D eigenvalue weighted by atomic mass is 16.5. The molecule has 1 unspecified atom stereocenters. The van der Waals surface area contributed by atoms with Crippen molar-refractivity contribution in [2.75, 3.05) is 6.61 Å². The van der Waals surface area contributed by atoms with Crippen molar-refractivity contribution in [3.63, 3.8) is 0 Å². The molecule has 0 bridgehead atoms. The molecule has 0 spiro atoms. The summed E-state index contributed by atoms with van der Waals surface area (Å²) in [7, 11) is 0. The van der Waals surface area contributed by atoms with E-state index in [1.165, 1.54) is 0 Å². The minimum atomic E-state index is -0.199. The van der Waals surface area contributed by atoms with Crippen LogP contribution in [0.5, 0.6) is 0 Å². The maximum atomic E-state index is 8.71. The van der Waals surface area contributed by atoms with Crippen LogP contribution in [0.15, 0.2) is 0 Å². The quantitative estimate of drug-likeness (QED) is 0.610. The molecular formula is C9H17NO. The molecule has 0 N–H and O–H groups in total. The number of hydrogen-bond acceptors (Lipinski definition) is 2. The molecule has 0 saturated carbocycles. The van der Waals surface area contributed by atoms with E-state index in [9.17, 15) is 0 Å². The molecule has 0 saturated heterocycles. The molecule has 0 radical (unpaired) electrons. The molecule has 0 aliphatic heterocycles. The van der Waals surface area contributed by atoms with Gasteiger partial charge in [-0.25, -0.2) is 0 Å². The lowest BCUT2D eigenvalue weighted by Crippen LogP contribution is -2.21. The molecule has 0 aromatic heterocycles. The Kier molecular flexibility index (Phi) is 5.87. The molecule has 11 heavy (non-hydrogen) atoms. The summed E-state index contributed by atoms with van der Waals surface area (Å²) in [4.78, 5) is 0. The topological polar surface area (TPSA) is 33.0 Å². The van der Waals surface area contributed by atoms with Crippen LogP contribution in [0, 0.1) is 17.2 Å². The largest absolute Gasteiger partial charge is 0.363 e. The van der Waals surface area contributed by atoms with Crippen LogP contribution >= 0.6 is 0 Å². The van der Waals surface area contributed by atoms with Crippen molar-refractivity contribution in [2.45, 2.75) is 39.7 Å². The van der Waals surface area contributed by atoms with Gasteiger partial charge in [-0.3, -0.25) is 0 Å². The molecular weight excluding hydrogens is 138 g/mol. The fourth-order valence-electron chi connectivity index (χ4n) is 1.18. The monoisotopic (exact) mass is 155 g/mol. The van der Waals surface area contributed by atoms with Crippen LogP contribution in [-0.4, -0.2) is 12.7 Å². The van der Waals surface area contributed by atoms with Gasteiger partial charge >= 0.3 is 0 Å². The van der Waals surface area contributed by atoms with Crippen molar-refractivity contribution in [3.8, 4) is 6.07 Å². The Morgan fingerprint density at radius 3 is 2.09 bits per heavy atom. The number of rotatable bonds is 5. The zero-order valence-electron chi connectivity index (χ0n) is 7.63. The van der Waals surface area contributed by atoms with Crippen molar-refractivity contribution in [1.29, 1.82) is 5.26 Å². The van der Waals surface area contributed by atoms with Gasteiger partial charge in [-0.2, -0.15) is 5.26 Å². The molecule has 0 rings (SSSR count). The zero-order chi connectivity index (χ0) is 8.69. The third-order valence-corrected chi connectivity index (χ3v) is 1.95. The van der Waals surface area contributed by atoms with E-state index in [4.69, 9.17) is 10.00 Å². The fourth-order valence-corrected chi connectivity index (χ4v) is 1.18. The summed E-state index contributed by atoms with van der Waals surface area (Å²) in [6.45, 7) is 6.75. The Bertz CT molecular complexity index is 124. The van der Waals surface area contributed by atoms with E-state index in [-0.39, 0.29) is 6.10 Å². The Hall–Kier alpha value is -0.550. The number of hydrogen-bond donors (Lipinski definition) is 0. The smallest absolute Gasteiger partial charge is 0.146 e. The second-order valence-corrected chi connectivity index (χ2v) is 2.58. The molecule has 0 aliphatic rings. The molecule has 0 heterocycles. The number of nitrogens with zero attached hydrogens (tertiary/aromatic N) is 1. The molecule has 0 aromatic carbocycles. The Labute approximate surface area is 69.2 Å². The van der Waals surface area contributed by atoms with Gasteiger partial charge in [0.15, 0.2) is 0 Å². The minimum absolute atomic E-state index is 0.199. The van der Waals surface area contributed by atoms with Gasteiger partial charge in [0, 0.05) is 6.61 Å². The van der Waals surface area contributed by atoms with Gasteiger partial charge in [0.2, 0.25) is 0 Å². The van der Waals surface area contributed by atoms with E-state index < -0.39 is 0 Å². The Morgan fingerprint density at radius 1 is 1.27 bits per heavy atom. The second-order valence-electron chi connectivity index (χ2n) is 2.58. The minimum Gasteiger partial charge on any atom is -0.363 e. The lowest BCUT2D eigenvalue weighted by molar-refractivity contribution is 0.0558. The van der Waals surface area contributed by atoms with E-state index in [2.05, 4.69) is 19.9 Å². The first-order chi connectivity index (χ1) is 5.29. The first kappa shape index (κ1) is 10.4. The summed E-state index contributed by atoms with van der Waals surface area (Å²) in [6.07, 6.45) is 1.85. The van der Waals surface area contributed by atoms with E-state index >= 15 is 0 Å². The molecule has 1 atom stereocenters. The highest BCUT2D eigenvalue weighted by molar-refractivity contribution is 4.88. The standard InChI is InChI=1S/C9H17NO/c1-4-8(5-2)9(7-10)11-6-3/h8-9H,4-6H2,1-3H3. The zero-order valence-corrected chi connectivity index (χ0v) is 7.63. The molecule has 2 nitrogen and oxygen atoms in total. The van der Waals surface area contributed by atoms with E-state index in [0.29, 0.717) is 12.5 Å². The van der Waals surface area contributed by atoms with Gasteiger partial charge < -0.3 is 4.74 Å². The average Bonchev–Trinajstić information content (AvgIpc) is 2.05. The predicted molar refractivity (Wildman–Crippen MR) is 45.1 cm³/mol. The SMILES string of the molecule is CCOC(C#N)C(CC)CC. The maximum Gasteiger partial charge on any atom is 0.146 e. The molecule has 0 aromatic rings. The summed E-state index contributed by atoms with van der Waals surface area (Å²) in [5, 5.41) is 8.71. The third-order valence-electron chi connectivity index (χ3n) is 1.95. The first-order valence-corrected chi connectivity index (χ1v) is 4.31. The van der Waals surface area contributed by atoms with Gasteiger partial charge in [-0.1, -0.05) is 13.8 Å². The molecule has 0 aliphatic carbocycles. The van der Waals surface area contributed by atoms with Crippen LogP contribution in [0.1, 0.15) is 33.6 Å². The van der Waals surface area contributed by atoms with Crippen molar-refractivity contribution in [1.82, 2.24) is 0 Å². The van der Waals surface area contributed by atoms with Gasteiger partial charge in [-0.05, 0) is 25.7 Å². The lowest BCUT2D eigenvalue weighted by atomic mass is 9.97. The Morgan fingerprint density at radius 2 is 1.82 bits per heavy atom. The van der Waals surface area contributed by atoms with Gasteiger partial charge in [0.05, 0.1) is 6.07 Å². The van der Waals surface area contributed by atoms with E-state index in [0.717, 1.165) is 12.8 Å². The third kappa shape index (κ3) is 3.38.